The lowest BCUT2D eigenvalue weighted by Gasteiger charge is -2.24. The Morgan fingerprint density at radius 1 is 1.48 bits per heavy atom. The van der Waals surface area contributed by atoms with Crippen molar-refractivity contribution in [2.75, 3.05) is 18.4 Å². The molecule has 1 atom stereocenters. The van der Waals surface area contributed by atoms with Crippen LogP contribution in [0.4, 0.5) is 10.6 Å². The fourth-order valence-corrected chi connectivity index (χ4v) is 2.64. The minimum Gasteiger partial charge on any atom is -0.444 e. The largest absolute Gasteiger partial charge is 0.444 e. The molecule has 0 aromatic carbocycles. The second-order valence-electron chi connectivity index (χ2n) is 6.50. The van der Waals surface area contributed by atoms with Gasteiger partial charge < -0.3 is 19.9 Å². The van der Waals surface area contributed by atoms with E-state index in [2.05, 4.69) is 25.3 Å². The SMILES string of the molecule is CC(C)(C)OC(=O)N1CC[C@H](Nc2nc(Cl)nc3nc[nH]c23)C1. The number of nitrogens with one attached hydrogen (secondary N) is 2. The van der Waals surface area contributed by atoms with Gasteiger partial charge in [0.25, 0.3) is 0 Å². The van der Waals surface area contributed by atoms with E-state index in [0.29, 0.717) is 30.1 Å². The zero-order valence-electron chi connectivity index (χ0n) is 13.3. The third-order valence-corrected chi connectivity index (χ3v) is 3.61. The van der Waals surface area contributed by atoms with Gasteiger partial charge in [-0.25, -0.2) is 9.78 Å². The number of nitrogens with zero attached hydrogens (tertiary/aromatic N) is 4. The molecular formula is C14H19ClN6O2. The summed E-state index contributed by atoms with van der Waals surface area (Å²) in [4.78, 5) is 29.1. The fourth-order valence-electron chi connectivity index (χ4n) is 2.47. The molecule has 2 aromatic rings. The Kier molecular flexibility index (Phi) is 4.01. The summed E-state index contributed by atoms with van der Waals surface area (Å²) in [5, 5.41) is 3.44. The lowest BCUT2D eigenvalue weighted by molar-refractivity contribution is 0.0293. The molecular weight excluding hydrogens is 320 g/mol. The van der Waals surface area contributed by atoms with Crippen molar-refractivity contribution >= 4 is 34.7 Å². The van der Waals surface area contributed by atoms with Crippen molar-refractivity contribution in [1.29, 1.82) is 0 Å². The topological polar surface area (TPSA) is 96.0 Å². The zero-order chi connectivity index (χ0) is 16.6. The molecule has 0 aliphatic carbocycles. The van der Waals surface area contributed by atoms with Crippen LogP contribution in [0.3, 0.4) is 0 Å². The highest BCUT2D eigenvalue weighted by atomic mass is 35.5. The summed E-state index contributed by atoms with van der Waals surface area (Å²) in [6, 6.07) is 0.0694. The lowest BCUT2D eigenvalue weighted by Crippen LogP contribution is -2.36. The highest BCUT2D eigenvalue weighted by Crippen LogP contribution is 2.22. The number of amides is 1. The van der Waals surface area contributed by atoms with Gasteiger partial charge in [0.1, 0.15) is 11.1 Å². The molecule has 0 radical (unpaired) electrons. The van der Waals surface area contributed by atoms with E-state index >= 15 is 0 Å². The number of likely N-dealkylation sites (tertiary alicyclic amines) is 1. The molecule has 0 saturated carbocycles. The van der Waals surface area contributed by atoms with Crippen LogP contribution in [0, 0.1) is 0 Å². The molecule has 0 spiro atoms. The number of halogens is 1. The second-order valence-corrected chi connectivity index (χ2v) is 6.84. The third kappa shape index (κ3) is 3.64. The highest BCUT2D eigenvalue weighted by Gasteiger charge is 2.30. The Hall–Kier alpha value is -2.09. The Morgan fingerprint density at radius 3 is 3.00 bits per heavy atom. The molecule has 1 amide bonds. The first-order valence-corrected chi connectivity index (χ1v) is 7.81. The standard InChI is InChI=1S/C14H19ClN6O2/c1-14(2,3)23-13(22)21-5-4-8(6-21)18-11-9-10(17-7-16-9)19-12(15)20-11/h7-8H,4-6H2,1-3H3,(H2,16,17,18,19,20)/t8-/m0/s1. The van der Waals surface area contributed by atoms with E-state index in [4.69, 9.17) is 16.3 Å². The molecule has 0 bridgehead atoms. The average molecular weight is 339 g/mol. The van der Waals surface area contributed by atoms with Crippen molar-refractivity contribution < 1.29 is 9.53 Å². The molecule has 8 nitrogen and oxygen atoms in total. The van der Waals surface area contributed by atoms with Gasteiger partial charge in [0, 0.05) is 19.1 Å². The second kappa shape index (κ2) is 5.84. The van der Waals surface area contributed by atoms with Crippen LogP contribution in [0.15, 0.2) is 6.33 Å². The van der Waals surface area contributed by atoms with Gasteiger partial charge in [-0.15, -0.1) is 0 Å². The van der Waals surface area contributed by atoms with Crippen molar-refractivity contribution in [2.45, 2.75) is 38.8 Å². The van der Waals surface area contributed by atoms with Gasteiger partial charge in [-0.05, 0) is 38.8 Å². The number of anilines is 1. The molecule has 1 aliphatic rings. The molecule has 0 unspecified atom stereocenters. The predicted octanol–water partition coefficient (Wildman–Crippen LogP) is 2.43. The number of aromatic nitrogens is 4. The van der Waals surface area contributed by atoms with Gasteiger partial charge in [0.05, 0.1) is 6.33 Å². The van der Waals surface area contributed by atoms with Crippen molar-refractivity contribution in [3.05, 3.63) is 11.6 Å². The van der Waals surface area contributed by atoms with E-state index in [-0.39, 0.29) is 17.4 Å². The van der Waals surface area contributed by atoms with Crippen molar-refractivity contribution in [3.8, 4) is 0 Å². The number of rotatable bonds is 2. The van der Waals surface area contributed by atoms with Crippen molar-refractivity contribution in [1.82, 2.24) is 24.8 Å². The lowest BCUT2D eigenvalue weighted by atomic mass is 10.2. The maximum atomic E-state index is 12.1. The quantitative estimate of drug-likeness (QED) is 0.816. The first-order chi connectivity index (χ1) is 10.8. The van der Waals surface area contributed by atoms with Crippen LogP contribution in [-0.4, -0.2) is 55.7 Å². The van der Waals surface area contributed by atoms with Crippen LogP contribution in [0.1, 0.15) is 27.2 Å². The third-order valence-electron chi connectivity index (χ3n) is 3.44. The molecule has 3 rings (SSSR count). The Labute approximate surface area is 138 Å². The maximum Gasteiger partial charge on any atom is 0.410 e. The summed E-state index contributed by atoms with van der Waals surface area (Å²) in [6.07, 6.45) is 2.05. The molecule has 1 saturated heterocycles. The number of hydrogen-bond acceptors (Lipinski definition) is 6. The summed E-state index contributed by atoms with van der Waals surface area (Å²) in [7, 11) is 0. The Morgan fingerprint density at radius 2 is 2.26 bits per heavy atom. The van der Waals surface area contributed by atoms with Gasteiger partial charge in [0.2, 0.25) is 5.28 Å². The number of hydrogen-bond donors (Lipinski definition) is 2. The molecule has 2 N–H and O–H groups in total. The number of ether oxygens (including phenoxy) is 1. The zero-order valence-corrected chi connectivity index (χ0v) is 14.0. The average Bonchev–Trinajstić information content (AvgIpc) is 3.05. The Bertz CT molecular complexity index is 726. The number of imidazole rings is 1. The van der Waals surface area contributed by atoms with Crippen LogP contribution in [0.25, 0.3) is 11.2 Å². The van der Waals surface area contributed by atoms with Gasteiger partial charge >= 0.3 is 6.09 Å². The number of fused-ring (bicyclic) bond motifs is 1. The number of H-pyrrole nitrogens is 1. The van der Waals surface area contributed by atoms with E-state index in [1.165, 1.54) is 0 Å². The van der Waals surface area contributed by atoms with E-state index in [1.54, 1.807) is 11.2 Å². The molecule has 23 heavy (non-hydrogen) atoms. The molecule has 2 aromatic heterocycles. The molecule has 124 valence electrons. The fraction of sp³-hybridized carbons (Fsp3) is 0.571. The maximum absolute atomic E-state index is 12.1. The smallest absolute Gasteiger partial charge is 0.410 e. The van der Waals surface area contributed by atoms with Crippen LogP contribution >= 0.6 is 11.6 Å². The van der Waals surface area contributed by atoms with Crippen LogP contribution < -0.4 is 5.32 Å². The minimum absolute atomic E-state index is 0.0694. The minimum atomic E-state index is -0.495. The van der Waals surface area contributed by atoms with Crippen molar-refractivity contribution in [2.24, 2.45) is 0 Å². The van der Waals surface area contributed by atoms with Gasteiger partial charge in [0.15, 0.2) is 11.5 Å². The van der Waals surface area contributed by atoms with Crippen LogP contribution in [-0.2, 0) is 4.74 Å². The van der Waals surface area contributed by atoms with Gasteiger partial charge in [-0.1, -0.05) is 0 Å². The normalized spacial score (nSPS) is 18.4. The van der Waals surface area contributed by atoms with Crippen molar-refractivity contribution in [3.63, 3.8) is 0 Å². The monoisotopic (exact) mass is 338 g/mol. The summed E-state index contributed by atoms with van der Waals surface area (Å²) in [5.41, 5.74) is 0.713. The molecule has 1 fully saturated rings. The highest BCUT2D eigenvalue weighted by molar-refractivity contribution is 6.28. The molecule has 3 heterocycles. The van der Waals surface area contributed by atoms with Crippen LogP contribution in [0.2, 0.25) is 5.28 Å². The van der Waals surface area contributed by atoms with E-state index < -0.39 is 5.60 Å². The van der Waals surface area contributed by atoms with Crippen LogP contribution in [0.5, 0.6) is 0 Å². The number of carbonyl (C=O) groups excluding carboxylic acids is 1. The summed E-state index contributed by atoms with van der Waals surface area (Å²) in [6.45, 7) is 6.75. The number of carbonyl (C=O) groups is 1. The van der Waals surface area contributed by atoms with E-state index in [9.17, 15) is 4.79 Å². The summed E-state index contributed by atoms with van der Waals surface area (Å²) < 4.78 is 5.39. The van der Waals surface area contributed by atoms with E-state index in [0.717, 1.165) is 6.42 Å². The van der Waals surface area contributed by atoms with Gasteiger partial charge in [-0.3, -0.25) is 0 Å². The molecule has 1 aliphatic heterocycles. The first kappa shape index (κ1) is 15.8. The Balaban J connectivity index is 1.68. The molecule has 9 heteroatoms. The number of aromatic amines is 1. The van der Waals surface area contributed by atoms with E-state index in [1.807, 2.05) is 20.8 Å². The predicted molar refractivity (Wildman–Crippen MR) is 86.5 cm³/mol. The summed E-state index contributed by atoms with van der Waals surface area (Å²) in [5.74, 6) is 0.591. The van der Waals surface area contributed by atoms with Gasteiger partial charge in [-0.2, -0.15) is 9.97 Å². The summed E-state index contributed by atoms with van der Waals surface area (Å²) >= 11 is 5.92. The first-order valence-electron chi connectivity index (χ1n) is 7.43.